The predicted molar refractivity (Wildman–Crippen MR) is 66.4 cm³/mol. The number of imidazole rings is 1. The zero-order chi connectivity index (χ0) is 14.0. The maximum atomic E-state index is 13.4. The van der Waals surface area contributed by atoms with Crippen molar-refractivity contribution in [2.24, 2.45) is 5.73 Å². The number of hydrogen-bond acceptors (Lipinski definition) is 3. The van der Waals surface area contributed by atoms with Crippen molar-refractivity contribution in [3.05, 3.63) is 29.6 Å². The minimum absolute atomic E-state index is 0.0338. The second kappa shape index (κ2) is 5.31. The molecule has 0 fully saturated rings. The van der Waals surface area contributed by atoms with Gasteiger partial charge in [-0.3, -0.25) is 4.79 Å². The summed E-state index contributed by atoms with van der Waals surface area (Å²) in [5.74, 6) is -1.70. The van der Waals surface area contributed by atoms with Crippen LogP contribution in [0.1, 0.15) is 12.7 Å². The van der Waals surface area contributed by atoms with E-state index < -0.39 is 17.7 Å². The van der Waals surface area contributed by atoms with Crippen molar-refractivity contribution in [1.29, 1.82) is 0 Å². The number of nitrogens with one attached hydrogen (secondary N) is 2. The standard InChI is InChI=1S/C12H14F2N4O/c1-6(15)12(19)16-5-4-9-17-8-3-2-7(13)10(14)11(8)18-9/h2-3,6H,4-5,15H2,1H3,(H,16,19)(H,17,18). The number of nitrogens with zero attached hydrogens (tertiary/aromatic N) is 1. The van der Waals surface area contributed by atoms with Crippen LogP contribution in [0.5, 0.6) is 0 Å². The van der Waals surface area contributed by atoms with E-state index in [1.54, 1.807) is 6.92 Å². The lowest BCUT2D eigenvalue weighted by atomic mass is 10.3. The van der Waals surface area contributed by atoms with Gasteiger partial charge >= 0.3 is 0 Å². The van der Waals surface area contributed by atoms with Gasteiger partial charge in [-0.2, -0.15) is 0 Å². The SMILES string of the molecule is CC(N)C(=O)NCCc1nc2c(F)c(F)ccc2[nH]1. The second-order valence-corrected chi connectivity index (χ2v) is 4.27. The Morgan fingerprint density at radius 3 is 2.95 bits per heavy atom. The Morgan fingerprint density at radius 1 is 1.53 bits per heavy atom. The van der Waals surface area contributed by atoms with Crippen molar-refractivity contribution in [2.75, 3.05) is 6.54 Å². The van der Waals surface area contributed by atoms with E-state index in [4.69, 9.17) is 5.73 Å². The van der Waals surface area contributed by atoms with Gasteiger partial charge in [0.2, 0.25) is 5.91 Å². The van der Waals surface area contributed by atoms with Gasteiger partial charge in [-0.15, -0.1) is 0 Å². The molecule has 7 heteroatoms. The second-order valence-electron chi connectivity index (χ2n) is 4.27. The fourth-order valence-electron chi connectivity index (χ4n) is 1.65. The Bertz CT molecular complexity index is 609. The lowest BCUT2D eigenvalue weighted by molar-refractivity contribution is -0.121. The highest BCUT2D eigenvalue weighted by molar-refractivity contribution is 5.81. The summed E-state index contributed by atoms with van der Waals surface area (Å²) in [7, 11) is 0. The molecule has 102 valence electrons. The summed E-state index contributed by atoms with van der Waals surface area (Å²) in [4.78, 5) is 18.1. The van der Waals surface area contributed by atoms with E-state index in [2.05, 4.69) is 15.3 Å². The molecule has 2 rings (SSSR count). The fourth-order valence-corrected chi connectivity index (χ4v) is 1.65. The van der Waals surface area contributed by atoms with Crippen LogP contribution in [-0.4, -0.2) is 28.5 Å². The van der Waals surface area contributed by atoms with Gasteiger partial charge in [0.05, 0.1) is 11.6 Å². The van der Waals surface area contributed by atoms with E-state index in [1.165, 1.54) is 6.07 Å². The van der Waals surface area contributed by atoms with Crippen LogP contribution in [0, 0.1) is 11.6 Å². The number of H-pyrrole nitrogens is 1. The maximum absolute atomic E-state index is 13.4. The number of aromatic amines is 1. The molecule has 0 spiro atoms. The number of halogens is 2. The summed E-state index contributed by atoms with van der Waals surface area (Å²) >= 11 is 0. The van der Waals surface area contributed by atoms with Crippen molar-refractivity contribution in [2.45, 2.75) is 19.4 Å². The molecule has 1 heterocycles. The molecule has 0 bridgehead atoms. The number of rotatable bonds is 4. The highest BCUT2D eigenvalue weighted by Crippen LogP contribution is 2.18. The van der Waals surface area contributed by atoms with Crippen LogP contribution >= 0.6 is 0 Å². The molecule has 1 aromatic heterocycles. The zero-order valence-corrected chi connectivity index (χ0v) is 10.3. The number of carbonyl (C=O) groups is 1. The van der Waals surface area contributed by atoms with E-state index in [1.807, 2.05) is 0 Å². The number of amides is 1. The number of aromatic nitrogens is 2. The Kier molecular flexibility index (Phi) is 3.75. The molecule has 2 aromatic rings. The van der Waals surface area contributed by atoms with Gasteiger partial charge < -0.3 is 16.0 Å². The molecule has 0 aliphatic heterocycles. The molecule has 1 amide bonds. The summed E-state index contributed by atoms with van der Waals surface area (Å²) in [5, 5.41) is 2.61. The van der Waals surface area contributed by atoms with Crippen LogP contribution in [0.25, 0.3) is 11.0 Å². The summed E-state index contributed by atoms with van der Waals surface area (Å²) in [6.45, 7) is 1.90. The first-order valence-corrected chi connectivity index (χ1v) is 5.85. The third kappa shape index (κ3) is 2.87. The Morgan fingerprint density at radius 2 is 2.26 bits per heavy atom. The number of benzene rings is 1. The van der Waals surface area contributed by atoms with Crippen molar-refractivity contribution < 1.29 is 13.6 Å². The Balaban J connectivity index is 2.06. The third-order valence-electron chi connectivity index (χ3n) is 2.67. The van der Waals surface area contributed by atoms with Crippen LogP contribution in [0.3, 0.4) is 0 Å². The number of hydrogen-bond donors (Lipinski definition) is 3. The first kappa shape index (κ1) is 13.4. The molecule has 1 atom stereocenters. The number of fused-ring (bicyclic) bond motifs is 1. The molecular formula is C12H14F2N4O. The lowest BCUT2D eigenvalue weighted by Crippen LogP contribution is -2.39. The van der Waals surface area contributed by atoms with Gasteiger partial charge in [0.1, 0.15) is 11.3 Å². The van der Waals surface area contributed by atoms with Crippen LogP contribution in [0.4, 0.5) is 8.78 Å². The van der Waals surface area contributed by atoms with E-state index in [9.17, 15) is 13.6 Å². The van der Waals surface area contributed by atoms with E-state index in [0.717, 1.165) is 6.07 Å². The van der Waals surface area contributed by atoms with Gasteiger partial charge in [0, 0.05) is 13.0 Å². The van der Waals surface area contributed by atoms with Crippen LogP contribution in [0.2, 0.25) is 0 Å². The highest BCUT2D eigenvalue weighted by atomic mass is 19.2. The van der Waals surface area contributed by atoms with Crippen LogP contribution in [0.15, 0.2) is 12.1 Å². The minimum atomic E-state index is -0.973. The smallest absolute Gasteiger partial charge is 0.236 e. The van der Waals surface area contributed by atoms with E-state index in [0.29, 0.717) is 24.3 Å². The quantitative estimate of drug-likeness (QED) is 0.768. The third-order valence-corrected chi connectivity index (χ3v) is 2.67. The molecular weight excluding hydrogens is 254 g/mol. The summed E-state index contributed by atoms with van der Waals surface area (Å²) < 4.78 is 26.4. The van der Waals surface area contributed by atoms with E-state index >= 15 is 0 Å². The average Bonchev–Trinajstić information content (AvgIpc) is 2.77. The molecule has 5 nitrogen and oxygen atoms in total. The molecule has 1 aromatic carbocycles. The van der Waals surface area contributed by atoms with Crippen molar-refractivity contribution in [1.82, 2.24) is 15.3 Å². The van der Waals surface area contributed by atoms with E-state index in [-0.39, 0.29) is 11.4 Å². The van der Waals surface area contributed by atoms with Crippen molar-refractivity contribution >= 4 is 16.9 Å². The lowest BCUT2D eigenvalue weighted by Gasteiger charge is -2.05. The normalized spacial score (nSPS) is 12.6. The molecule has 1 unspecified atom stereocenters. The zero-order valence-electron chi connectivity index (χ0n) is 10.3. The predicted octanol–water partition coefficient (Wildman–Crippen LogP) is 0.847. The highest BCUT2D eigenvalue weighted by Gasteiger charge is 2.12. The first-order chi connectivity index (χ1) is 8.99. The minimum Gasteiger partial charge on any atom is -0.354 e. The monoisotopic (exact) mass is 268 g/mol. The van der Waals surface area contributed by atoms with Crippen LogP contribution < -0.4 is 11.1 Å². The summed E-state index contributed by atoms with van der Waals surface area (Å²) in [6.07, 6.45) is 0.383. The number of nitrogens with two attached hydrogens (primary N) is 1. The summed E-state index contributed by atoms with van der Waals surface area (Å²) in [6, 6.07) is 1.88. The van der Waals surface area contributed by atoms with Gasteiger partial charge in [-0.1, -0.05) is 0 Å². The number of carbonyl (C=O) groups excluding carboxylic acids is 1. The topological polar surface area (TPSA) is 83.8 Å². The molecule has 0 saturated carbocycles. The van der Waals surface area contributed by atoms with Gasteiger partial charge in [0.25, 0.3) is 0 Å². The van der Waals surface area contributed by atoms with Crippen molar-refractivity contribution in [3.63, 3.8) is 0 Å². The fraction of sp³-hybridized carbons (Fsp3) is 0.333. The van der Waals surface area contributed by atoms with Crippen molar-refractivity contribution in [3.8, 4) is 0 Å². The Labute approximate surface area is 108 Å². The molecule has 0 radical (unpaired) electrons. The molecule has 19 heavy (non-hydrogen) atoms. The summed E-state index contributed by atoms with van der Waals surface area (Å²) in [5.41, 5.74) is 5.78. The van der Waals surface area contributed by atoms with Gasteiger partial charge in [0.15, 0.2) is 11.6 Å². The molecule has 4 N–H and O–H groups in total. The molecule has 0 aliphatic carbocycles. The molecule has 0 aliphatic rings. The maximum Gasteiger partial charge on any atom is 0.236 e. The van der Waals surface area contributed by atoms with Crippen LogP contribution in [-0.2, 0) is 11.2 Å². The largest absolute Gasteiger partial charge is 0.354 e. The average molecular weight is 268 g/mol. The molecule has 0 saturated heterocycles. The van der Waals surface area contributed by atoms with Gasteiger partial charge in [-0.25, -0.2) is 13.8 Å². The first-order valence-electron chi connectivity index (χ1n) is 5.85. The van der Waals surface area contributed by atoms with Gasteiger partial charge in [-0.05, 0) is 19.1 Å². The Hall–Kier alpha value is -2.02.